The summed E-state index contributed by atoms with van der Waals surface area (Å²) in [5.41, 5.74) is 0.609. The SMILES string of the molecule is CCOc1ccc(S(=O)(=O)N(CC(=O)N(Cc2ccc(F)cc2)[C@H](C)C(=O)NCC(C)C)c2ccc(F)cc2)cc1. The lowest BCUT2D eigenvalue weighted by Crippen LogP contribution is -2.51. The number of carbonyl (C=O) groups is 2. The molecular formula is C30H35F2N3O5S. The minimum Gasteiger partial charge on any atom is -0.494 e. The molecule has 0 fully saturated rings. The smallest absolute Gasteiger partial charge is 0.264 e. The van der Waals surface area contributed by atoms with Crippen LogP contribution in [0.2, 0.25) is 0 Å². The van der Waals surface area contributed by atoms with E-state index in [0.717, 1.165) is 16.4 Å². The zero-order valence-corrected chi connectivity index (χ0v) is 24.3. The Morgan fingerprint density at radius 3 is 1.98 bits per heavy atom. The van der Waals surface area contributed by atoms with Gasteiger partial charge in [-0.15, -0.1) is 0 Å². The van der Waals surface area contributed by atoms with Crippen LogP contribution in [0.1, 0.15) is 33.3 Å². The first-order valence-electron chi connectivity index (χ1n) is 13.2. The molecule has 0 aliphatic carbocycles. The van der Waals surface area contributed by atoms with Crippen molar-refractivity contribution >= 4 is 27.5 Å². The zero-order chi connectivity index (χ0) is 30.2. The third-order valence-corrected chi connectivity index (χ3v) is 8.02. The summed E-state index contributed by atoms with van der Waals surface area (Å²) < 4.78 is 61.2. The number of carbonyl (C=O) groups excluding carboxylic acids is 2. The van der Waals surface area contributed by atoms with E-state index in [1.165, 1.54) is 65.6 Å². The van der Waals surface area contributed by atoms with Crippen molar-refractivity contribution in [3.63, 3.8) is 0 Å². The standard InChI is InChI=1S/C30H35F2N3O5S/c1-5-40-27-14-16-28(17-15-27)41(38,39)35(26-12-10-25(32)11-13-26)20-29(36)34(19-23-6-8-24(31)9-7-23)22(4)30(37)33-18-21(2)3/h6-17,21-22H,5,18-20H2,1-4H3,(H,33,37)/t22-/m1/s1. The number of anilines is 1. The number of nitrogens with zero attached hydrogens (tertiary/aromatic N) is 2. The molecule has 0 heterocycles. The van der Waals surface area contributed by atoms with E-state index in [0.29, 0.717) is 24.5 Å². The topological polar surface area (TPSA) is 96.0 Å². The van der Waals surface area contributed by atoms with Gasteiger partial charge in [0.25, 0.3) is 10.0 Å². The number of rotatable bonds is 13. The predicted molar refractivity (Wildman–Crippen MR) is 153 cm³/mol. The lowest BCUT2D eigenvalue weighted by Gasteiger charge is -2.32. The second kappa shape index (κ2) is 14.1. The molecule has 0 aliphatic heterocycles. The fourth-order valence-electron chi connectivity index (χ4n) is 3.96. The molecule has 41 heavy (non-hydrogen) atoms. The van der Waals surface area contributed by atoms with Gasteiger partial charge in [0.1, 0.15) is 30.0 Å². The van der Waals surface area contributed by atoms with Crippen LogP contribution in [0, 0.1) is 17.6 Å². The predicted octanol–water partition coefficient (Wildman–Crippen LogP) is 4.75. The Morgan fingerprint density at radius 1 is 0.878 bits per heavy atom. The van der Waals surface area contributed by atoms with E-state index in [-0.39, 0.29) is 23.0 Å². The van der Waals surface area contributed by atoms with Gasteiger partial charge in [-0.3, -0.25) is 13.9 Å². The Bertz CT molecular complexity index is 1410. The Morgan fingerprint density at radius 2 is 1.44 bits per heavy atom. The minimum absolute atomic E-state index is 0.0623. The fraction of sp³-hybridized carbons (Fsp3) is 0.333. The van der Waals surface area contributed by atoms with Gasteiger partial charge in [-0.1, -0.05) is 26.0 Å². The molecule has 2 amide bonds. The highest BCUT2D eigenvalue weighted by molar-refractivity contribution is 7.92. The van der Waals surface area contributed by atoms with Gasteiger partial charge >= 0.3 is 0 Å². The van der Waals surface area contributed by atoms with Crippen LogP contribution in [0.4, 0.5) is 14.5 Å². The summed E-state index contributed by atoms with van der Waals surface area (Å²) in [5.74, 6) is -1.49. The molecule has 0 aromatic heterocycles. The third-order valence-electron chi connectivity index (χ3n) is 6.23. The van der Waals surface area contributed by atoms with Gasteiger partial charge in [0.2, 0.25) is 11.8 Å². The first kappa shape index (κ1) is 31.5. The van der Waals surface area contributed by atoms with Gasteiger partial charge in [-0.2, -0.15) is 0 Å². The monoisotopic (exact) mass is 587 g/mol. The maximum Gasteiger partial charge on any atom is 0.264 e. The summed E-state index contributed by atoms with van der Waals surface area (Å²) in [6.07, 6.45) is 0. The Balaban J connectivity index is 1.99. The van der Waals surface area contributed by atoms with E-state index in [4.69, 9.17) is 4.74 Å². The Hall–Kier alpha value is -3.99. The number of amides is 2. The zero-order valence-electron chi connectivity index (χ0n) is 23.5. The number of hydrogen-bond acceptors (Lipinski definition) is 5. The number of benzene rings is 3. The quantitative estimate of drug-likeness (QED) is 0.312. The minimum atomic E-state index is -4.32. The summed E-state index contributed by atoms with van der Waals surface area (Å²) in [4.78, 5) is 28.0. The second-order valence-corrected chi connectivity index (χ2v) is 11.7. The number of halogens is 2. The van der Waals surface area contributed by atoms with Gasteiger partial charge in [-0.05, 0) is 86.0 Å². The normalized spacial score (nSPS) is 12.1. The molecular weight excluding hydrogens is 552 g/mol. The van der Waals surface area contributed by atoms with E-state index in [1.54, 1.807) is 13.8 Å². The molecule has 3 rings (SSSR count). The molecule has 0 bridgehead atoms. The summed E-state index contributed by atoms with van der Waals surface area (Å²) in [7, 11) is -4.32. The van der Waals surface area contributed by atoms with Crippen LogP contribution in [0.15, 0.2) is 77.7 Å². The molecule has 3 aromatic rings. The van der Waals surface area contributed by atoms with Crippen LogP contribution in [-0.2, 0) is 26.2 Å². The molecule has 8 nitrogen and oxygen atoms in total. The second-order valence-electron chi connectivity index (χ2n) is 9.86. The van der Waals surface area contributed by atoms with Crippen molar-refractivity contribution in [2.75, 3.05) is 24.0 Å². The number of ether oxygens (including phenoxy) is 1. The van der Waals surface area contributed by atoms with Crippen LogP contribution in [-0.4, -0.2) is 50.9 Å². The number of hydrogen-bond donors (Lipinski definition) is 1. The van der Waals surface area contributed by atoms with Crippen molar-refractivity contribution in [1.82, 2.24) is 10.2 Å². The molecule has 220 valence electrons. The van der Waals surface area contributed by atoms with Crippen molar-refractivity contribution in [3.05, 3.63) is 90.0 Å². The molecule has 11 heteroatoms. The molecule has 0 saturated heterocycles. The van der Waals surface area contributed by atoms with E-state index in [1.807, 2.05) is 13.8 Å². The first-order chi connectivity index (χ1) is 19.4. The first-order valence-corrected chi connectivity index (χ1v) is 14.7. The average molecular weight is 588 g/mol. The molecule has 0 radical (unpaired) electrons. The van der Waals surface area contributed by atoms with Crippen LogP contribution in [0.5, 0.6) is 5.75 Å². The van der Waals surface area contributed by atoms with Crippen LogP contribution in [0.25, 0.3) is 0 Å². The Kier molecular flexibility index (Phi) is 10.8. The summed E-state index contributed by atoms with van der Waals surface area (Å²) >= 11 is 0. The highest BCUT2D eigenvalue weighted by atomic mass is 32.2. The molecule has 1 atom stereocenters. The molecule has 3 aromatic carbocycles. The van der Waals surface area contributed by atoms with Gasteiger partial charge < -0.3 is 15.0 Å². The van der Waals surface area contributed by atoms with Crippen LogP contribution in [0.3, 0.4) is 0 Å². The number of sulfonamides is 1. The summed E-state index contributed by atoms with van der Waals surface area (Å²) in [6, 6.07) is 14.9. The van der Waals surface area contributed by atoms with Crippen molar-refractivity contribution in [2.24, 2.45) is 5.92 Å². The maximum absolute atomic E-state index is 13.8. The molecule has 1 N–H and O–H groups in total. The summed E-state index contributed by atoms with van der Waals surface area (Å²) in [6.45, 7) is 7.23. The van der Waals surface area contributed by atoms with E-state index in [2.05, 4.69) is 5.32 Å². The van der Waals surface area contributed by atoms with Gasteiger partial charge in [-0.25, -0.2) is 17.2 Å². The van der Waals surface area contributed by atoms with Crippen molar-refractivity contribution in [3.8, 4) is 5.75 Å². The molecule has 0 spiro atoms. The third kappa shape index (κ3) is 8.50. The highest BCUT2D eigenvalue weighted by Crippen LogP contribution is 2.26. The Labute approximate surface area is 240 Å². The van der Waals surface area contributed by atoms with Gasteiger partial charge in [0.15, 0.2) is 0 Å². The molecule has 0 saturated carbocycles. The van der Waals surface area contributed by atoms with Gasteiger partial charge in [0, 0.05) is 13.1 Å². The van der Waals surface area contributed by atoms with Crippen molar-refractivity contribution in [2.45, 2.75) is 45.2 Å². The maximum atomic E-state index is 13.8. The van der Waals surface area contributed by atoms with Gasteiger partial charge in [0.05, 0.1) is 17.2 Å². The number of nitrogens with one attached hydrogen (secondary N) is 1. The lowest BCUT2D eigenvalue weighted by molar-refractivity contribution is -0.139. The fourth-order valence-corrected chi connectivity index (χ4v) is 5.37. The van der Waals surface area contributed by atoms with E-state index < -0.39 is 46.1 Å². The van der Waals surface area contributed by atoms with Crippen molar-refractivity contribution in [1.29, 1.82) is 0 Å². The van der Waals surface area contributed by atoms with Crippen LogP contribution < -0.4 is 14.4 Å². The molecule has 0 aliphatic rings. The van der Waals surface area contributed by atoms with Crippen LogP contribution >= 0.6 is 0 Å². The highest BCUT2D eigenvalue weighted by Gasteiger charge is 2.32. The lowest BCUT2D eigenvalue weighted by atomic mass is 10.1. The largest absolute Gasteiger partial charge is 0.494 e. The van der Waals surface area contributed by atoms with E-state index in [9.17, 15) is 26.8 Å². The van der Waals surface area contributed by atoms with E-state index >= 15 is 0 Å². The molecule has 0 unspecified atom stereocenters. The average Bonchev–Trinajstić information content (AvgIpc) is 2.94. The van der Waals surface area contributed by atoms with Crippen molar-refractivity contribution < 1.29 is 31.5 Å². The summed E-state index contributed by atoms with van der Waals surface area (Å²) in [5, 5.41) is 2.80.